The van der Waals surface area contributed by atoms with Crippen LogP contribution in [-0.2, 0) is 4.74 Å². The first kappa shape index (κ1) is 21.9. The van der Waals surface area contributed by atoms with Gasteiger partial charge in [0.15, 0.2) is 5.96 Å². The number of hydrogen-bond acceptors (Lipinski definition) is 3. The second-order valence-corrected chi connectivity index (χ2v) is 6.18. The smallest absolute Gasteiger partial charge is 0.193 e. The minimum Gasteiger partial charge on any atom is -0.381 e. The van der Waals surface area contributed by atoms with Crippen molar-refractivity contribution in [3.05, 3.63) is 0 Å². The van der Waals surface area contributed by atoms with Crippen LogP contribution in [0.1, 0.15) is 39.5 Å². The van der Waals surface area contributed by atoms with Crippen LogP contribution in [0.3, 0.4) is 0 Å². The standard InChI is InChI=1S/C16H34N4O.HI/c1-6-8-11-20(5)15(17-7-2)18-14-16(19(3)4)9-12-21-13-10-16;/h6-14H2,1-5H3,(H,17,18);1H. The maximum Gasteiger partial charge on any atom is 0.193 e. The molecule has 0 saturated carbocycles. The Balaban J connectivity index is 0.00000441. The van der Waals surface area contributed by atoms with Crippen LogP contribution in [0.25, 0.3) is 0 Å². The molecule has 0 bridgehead atoms. The highest BCUT2D eigenvalue weighted by atomic mass is 127. The molecule has 0 radical (unpaired) electrons. The van der Waals surface area contributed by atoms with Gasteiger partial charge in [-0.25, -0.2) is 0 Å². The molecule has 0 aromatic heterocycles. The van der Waals surface area contributed by atoms with E-state index in [1.807, 2.05) is 0 Å². The third-order valence-corrected chi connectivity index (χ3v) is 4.44. The summed E-state index contributed by atoms with van der Waals surface area (Å²) in [4.78, 5) is 9.49. The zero-order valence-electron chi connectivity index (χ0n) is 15.0. The van der Waals surface area contributed by atoms with Gasteiger partial charge < -0.3 is 19.9 Å². The number of rotatable bonds is 7. The number of aliphatic imine (C=N–C) groups is 1. The van der Waals surface area contributed by atoms with Crippen molar-refractivity contribution in [2.75, 3.05) is 54.0 Å². The maximum absolute atomic E-state index is 5.53. The summed E-state index contributed by atoms with van der Waals surface area (Å²) in [5.74, 6) is 1.03. The van der Waals surface area contributed by atoms with E-state index in [1.54, 1.807) is 0 Å². The molecule has 0 amide bonds. The van der Waals surface area contributed by atoms with Gasteiger partial charge in [0.2, 0.25) is 0 Å². The van der Waals surface area contributed by atoms with Crippen molar-refractivity contribution in [3.63, 3.8) is 0 Å². The molecule has 0 spiro atoms. The van der Waals surface area contributed by atoms with Crippen LogP contribution >= 0.6 is 24.0 Å². The molecule has 1 N–H and O–H groups in total. The highest BCUT2D eigenvalue weighted by Crippen LogP contribution is 2.26. The van der Waals surface area contributed by atoms with E-state index in [-0.39, 0.29) is 29.5 Å². The first-order chi connectivity index (χ1) is 10.1. The minimum absolute atomic E-state index is 0. The zero-order chi connectivity index (χ0) is 15.7. The van der Waals surface area contributed by atoms with E-state index < -0.39 is 0 Å². The summed E-state index contributed by atoms with van der Waals surface area (Å²) in [5.41, 5.74) is 0.143. The molecule has 0 atom stereocenters. The fourth-order valence-electron chi connectivity index (χ4n) is 2.69. The van der Waals surface area contributed by atoms with Gasteiger partial charge in [-0.05, 0) is 40.3 Å². The van der Waals surface area contributed by atoms with Gasteiger partial charge in [0, 0.05) is 38.9 Å². The Labute approximate surface area is 153 Å². The van der Waals surface area contributed by atoms with E-state index in [9.17, 15) is 0 Å². The van der Waals surface area contributed by atoms with E-state index in [4.69, 9.17) is 9.73 Å². The lowest BCUT2D eigenvalue weighted by Crippen LogP contribution is -2.52. The highest BCUT2D eigenvalue weighted by Gasteiger charge is 2.34. The molecule has 22 heavy (non-hydrogen) atoms. The first-order valence-corrected chi connectivity index (χ1v) is 8.30. The summed E-state index contributed by atoms with van der Waals surface area (Å²) in [6.45, 7) is 8.84. The number of hydrogen-bond donors (Lipinski definition) is 1. The summed E-state index contributed by atoms with van der Waals surface area (Å²) in [6, 6.07) is 0. The topological polar surface area (TPSA) is 40.1 Å². The van der Waals surface area contributed by atoms with Crippen molar-refractivity contribution in [1.82, 2.24) is 15.1 Å². The third-order valence-electron chi connectivity index (χ3n) is 4.44. The molecule has 1 aliphatic rings. The Hall–Kier alpha value is -0.0800. The number of ether oxygens (including phenoxy) is 1. The van der Waals surface area contributed by atoms with Gasteiger partial charge in [0.05, 0.1) is 6.54 Å². The van der Waals surface area contributed by atoms with Crippen LogP contribution in [0, 0.1) is 0 Å². The average molecular weight is 426 g/mol. The molecular weight excluding hydrogens is 391 g/mol. The van der Waals surface area contributed by atoms with E-state index in [2.05, 4.69) is 50.1 Å². The van der Waals surface area contributed by atoms with Crippen LogP contribution in [0.4, 0.5) is 0 Å². The normalized spacial score (nSPS) is 18.0. The Morgan fingerprint density at radius 3 is 2.32 bits per heavy atom. The molecule has 1 saturated heterocycles. The second kappa shape index (κ2) is 11.5. The van der Waals surface area contributed by atoms with Crippen LogP contribution in [0.5, 0.6) is 0 Å². The number of likely N-dealkylation sites (N-methyl/N-ethyl adjacent to an activating group) is 1. The summed E-state index contributed by atoms with van der Waals surface area (Å²) < 4.78 is 5.53. The predicted molar refractivity (Wildman–Crippen MR) is 105 cm³/mol. The Bertz CT molecular complexity index is 317. The summed E-state index contributed by atoms with van der Waals surface area (Å²) in [6.07, 6.45) is 4.53. The van der Waals surface area contributed by atoms with E-state index >= 15 is 0 Å². The van der Waals surface area contributed by atoms with Crippen molar-refractivity contribution in [2.45, 2.75) is 45.1 Å². The fraction of sp³-hybridized carbons (Fsp3) is 0.938. The van der Waals surface area contributed by atoms with Crippen LogP contribution in [0.15, 0.2) is 4.99 Å². The molecule has 1 rings (SSSR count). The van der Waals surface area contributed by atoms with E-state index in [0.717, 1.165) is 51.6 Å². The SMILES string of the molecule is CCCCN(C)C(=NCC1(N(C)C)CCOCC1)NCC.I. The Morgan fingerprint density at radius 2 is 1.82 bits per heavy atom. The molecule has 5 nitrogen and oxygen atoms in total. The molecule has 1 fully saturated rings. The summed E-state index contributed by atoms with van der Waals surface area (Å²) in [7, 11) is 6.45. The van der Waals surface area contributed by atoms with Crippen LogP contribution < -0.4 is 5.32 Å². The van der Waals surface area contributed by atoms with Crippen molar-refractivity contribution >= 4 is 29.9 Å². The molecule has 0 aliphatic carbocycles. The summed E-state index contributed by atoms with van der Waals surface area (Å²) >= 11 is 0. The van der Waals surface area contributed by atoms with Gasteiger partial charge in [-0.15, -0.1) is 24.0 Å². The Morgan fingerprint density at radius 1 is 1.18 bits per heavy atom. The average Bonchev–Trinajstić information content (AvgIpc) is 2.49. The van der Waals surface area contributed by atoms with Gasteiger partial charge in [-0.3, -0.25) is 4.99 Å². The molecule has 0 aromatic rings. The number of halogens is 1. The molecule has 132 valence electrons. The quantitative estimate of drug-likeness (QED) is 0.386. The van der Waals surface area contributed by atoms with Crippen LogP contribution in [0.2, 0.25) is 0 Å². The van der Waals surface area contributed by atoms with Crippen molar-refractivity contribution in [2.24, 2.45) is 4.99 Å². The second-order valence-electron chi connectivity index (χ2n) is 6.18. The minimum atomic E-state index is 0. The van der Waals surface area contributed by atoms with Gasteiger partial charge in [0.1, 0.15) is 0 Å². The maximum atomic E-state index is 5.53. The largest absolute Gasteiger partial charge is 0.381 e. The number of nitrogens with one attached hydrogen (secondary N) is 1. The number of nitrogens with zero attached hydrogens (tertiary/aromatic N) is 3. The lowest BCUT2D eigenvalue weighted by molar-refractivity contribution is -0.00262. The molecule has 0 unspecified atom stereocenters. The molecule has 1 heterocycles. The highest BCUT2D eigenvalue weighted by molar-refractivity contribution is 14.0. The van der Waals surface area contributed by atoms with Gasteiger partial charge in [0.25, 0.3) is 0 Å². The lowest BCUT2D eigenvalue weighted by Gasteiger charge is -2.42. The van der Waals surface area contributed by atoms with E-state index in [0.29, 0.717) is 0 Å². The van der Waals surface area contributed by atoms with Crippen LogP contribution in [-0.4, -0.2) is 75.3 Å². The fourth-order valence-corrected chi connectivity index (χ4v) is 2.69. The van der Waals surface area contributed by atoms with Gasteiger partial charge in [-0.2, -0.15) is 0 Å². The van der Waals surface area contributed by atoms with Crippen molar-refractivity contribution in [1.29, 1.82) is 0 Å². The Kier molecular flexibility index (Phi) is 11.4. The molecular formula is C16H35IN4O. The monoisotopic (exact) mass is 426 g/mol. The number of guanidine groups is 1. The molecule has 6 heteroatoms. The lowest BCUT2D eigenvalue weighted by atomic mass is 9.89. The molecule has 1 aliphatic heterocycles. The van der Waals surface area contributed by atoms with Crippen molar-refractivity contribution < 1.29 is 4.74 Å². The number of unbranched alkanes of at least 4 members (excludes halogenated alkanes) is 1. The predicted octanol–water partition coefficient (Wildman–Crippen LogP) is 2.41. The third kappa shape index (κ3) is 6.58. The summed E-state index contributed by atoms with van der Waals surface area (Å²) in [5, 5.41) is 3.41. The molecule has 0 aromatic carbocycles. The van der Waals surface area contributed by atoms with Crippen molar-refractivity contribution in [3.8, 4) is 0 Å². The van der Waals surface area contributed by atoms with E-state index in [1.165, 1.54) is 12.8 Å². The van der Waals surface area contributed by atoms with Gasteiger partial charge in [-0.1, -0.05) is 13.3 Å². The first-order valence-electron chi connectivity index (χ1n) is 8.30. The van der Waals surface area contributed by atoms with Gasteiger partial charge >= 0.3 is 0 Å². The zero-order valence-corrected chi connectivity index (χ0v) is 17.4.